The first kappa shape index (κ1) is 10.4. The fraction of sp³-hybridized carbons (Fsp3) is 0.800. The lowest BCUT2D eigenvalue weighted by atomic mass is 9.85. The normalized spacial score (nSPS) is 27.9. The second kappa shape index (κ2) is 4.59. The van der Waals surface area contributed by atoms with Crippen LogP contribution in [0.2, 0.25) is 0 Å². The molecule has 14 heavy (non-hydrogen) atoms. The molecule has 2 rings (SSSR count). The van der Waals surface area contributed by atoms with E-state index in [9.17, 15) is 0 Å². The zero-order chi connectivity index (χ0) is 9.97. The third-order valence-corrected chi connectivity index (χ3v) is 3.74. The predicted molar refractivity (Wildman–Crippen MR) is 64.0 cm³/mol. The molecular weight excluding hydrogens is 289 g/mol. The molecule has 1 aromatic heterocycles. The van der Waals surface area contributed by atoms with Crippen LogP contribution in [0.4, 0.5) is 0 Å². The smallest absolute Gasteiger partial charge is 0.211 e. The Morgan fingerprint density at radius 1 is 1.43 bits per heavy atom. The first-order valence-corrected chi connectivity index (χ1v) is 6.44. The van der Waals surface area contributed by atoms with Gasteiger partial charge in [-0.25, -0.2) is 9.67 Å². The van der Waals surface area contributed by atoms with Crippen LogP contribution >= 0.6 is 22.6 Å². The molecule has 0 N–H and O–H groups in total. The van der Waals surface area contributed by atoms with Crippen LogP contribution < -0.4 is 0 Å². The molecule has 3 nitrogen and oxygen atoms in total. The standard InChI is InChI=1S/C10H16IN3/c1-2-8-3-5-9(6-4-8)14-7-12-10(11)13-14/h7-9H,2-6H2,1H3. The fourth-order valence-electron chi connectivity index (χ4n) is 2.25. The Labute approximate surface area is 98.4 Å². The summed E-state index contributed by atoms with van der Waals surface area (Å²) in [4.78, 5) is 4.17. The lowest BCUT2D eigenvalue weighted by Gasteiger charge is -2.27. The third kappa shape index (κ3) is 2.27. The van der Waals surface area contributed by atoms with Gasteiger partial charge < -0.3 is 0 Å². The third-order valence-electron chi connectivity index (χ3n) is 3.25. The Hall–Kier alpha value is -0.130. The van der Waals surface area contributed by atoms with Gasteiger partial charge in [-0.15, -0.1) is 5.10 Å². The molecule has 0 aliphatic heterocycles. The van der Waals surface area contributed by atoms with Gasteiger partial charge in [-0.1, -0.05) is 13.3 Å². The highest BCUT2D eigenvalue weighted by Gasteiger charge is 2.21. The first-order valence-electron chi connectivity index (χ1n) is 5.36. The maximum atomic E-state index is 4.38. The maximum Gasteiger partial charge on any atom is 0.211 e. The van der Waals surface area contributed by atoms with Crippen LogP contribution in [0.25, 0.3) is 0 Å². The Kier molecular flexibility index (Phi) is 3.41. The minimum atomic E-state index is 0.605. The van der Waals surface area contributed by atoms with Gasteiger partial charge in [0.15, 0.2) is 0 Å². The quantitative estimate of drug-likeness (QED) is 0.786. The topological polar surface area (TPSA) is 30.7 Å². The van der Waals surface area contributed by atoms with E-state index in [2.05, 4.69) is 39.6 Å². The van der Waals surface area contributed by atoms with Crippen molar-refractivity contribution in [2.75, 3.05) is 0 Å². The van der Waals surface area contributed by atoms with Gasteiger partial charge in [0.25, 0.3) is 0 Å². The Morgan fingerprint density at radius 3 is 2.64 bits per heavy atom. The molecule has 1 aliphatic rings. The number of hydrogen-bond acceptors (Lipinski definition) is 2. The molecule has 1 saturated carbocycles. The Morgan fingerprint density at radius 2 is 2.14 bits per heavy atom. The van der Waals surface area contributed by atoms with E-state index in [4.69, 9.17) is 0 Å². The molecule has 0 bridgehead atoms. The number of hydrogen-bond donors (Lipinski definition) is 0. The van der Waals surface area contributed by atoms with E-state index >= 15 is 0 Å². The molecule has 0 radical (unpaired) electrons. The molecule has 0 aromatic carbocycles. The van der Waals surface area contributed by atoms with Crippen LogP contribution in [0.5, 0.6) is 0 Å². The number of rotatable bonds is 2. The lowest BCUT2D eigenvalue weighted by Crippen LogP contribution is -2.18. The molecule has 1 aromatic rings. The summed E-state index contributed by atoms with van der Waals surface area (Å²) in [6, 6.07) is 0.605. The van der Waals surface area contributed by atoms with Crippen LogP contribution in [-0.4, -0.2) is 14.8 Å². The van der Waals surface area contributed by atoms with E-state index in [0.29, 0.717) is 6.04 Å². The number of nitrogens with zero attached hydrogens (tertiary/aromatic N) is 3. The van der Waals surface area contributed by atoms with Gasteiger partial charge in [0.2, 0.25) is 3.83 Å². The number of halogens is 1. The summed E-state index contributed by atoms with van der Waals surface area (Å²) >= 11 is 2.17. The molecule has 0 saturated heterocycles. The van der Waals surface area contributed by atoms with Gasteiger partial charge >= 0.3 is 0 Å². The minimum absolute atomic E-state index is 0.605. The second-order valence-corrected chi connectivity index (χ2v) is 5.04. The molecule has 0 atom stereocenters. The van der Waals surface area contributed by atoms with Crippen molar-refractivity contribution in [3.8, 4) is 0 Å². The Balaban J connectivity index is 1.95. The monoisotopic (exact) mass is 305 g/mol. The van der Waals surface area contributed by atoms with Crippen LogP contribution in [0, 0.1) is 9.75 Å². The molecule has 0 unspecified atom stereocenters. The average Bonchev–Trinajstić information content (AvgIpc) is 2.65. The fourth-order valence-corrected chi connectivity index (χ4v) is 2.62. The van der Waals surface area contributed by atoms with Gasteiger partial charge in [-0.2, -0.15) is 0 Å². The molecule has 1 aliphatic carbocycles. The number of aromatic nitrogens is 3. The van der Waals surface area contributed by atoms with E-state index in [1.165, 1.54) is 32.1 Å². The zero-order valence-corrected chi connectivity index (χ0v) is 10.6. The van der Waals surface area contributed by atoms with Gasteiger partial charge in [0, 0.05) is 22.6 Å². The lowest BCUT2D eigenvalue weighted by molar-refractivity contribution is 0.255. The Bertz CT molecular complexity index is 289. The van der Waals surface area contributed by atoms with Crippen molar-refractivity contribution in [3.63, 3.8) is 0 Å². The van der Waals surface area contributed by atoms with E-state index in [1.807, 2.05) is 11.0 Å². The summed E-state index contributed by atoms with van der Waals surface area (Å²) in [5, 5.41) is 4.38. The summed E-state index contributed by atoms with van der Waals surface area (Å²) in [6.45, 7) is 2.30. The molecule has 4 heteroatoms. The molecule has 78 valence electrons. The van der Waals surface area contributed by atoms with E-state index in [0.717, 1.165) is 9.75 Å². The summed E-state index contributed by atoms with van der Waals surface area (Å²) in [7, 11) is 0. The molecular formula is C10H16IN3. The summed E-state index contributed by atoms with van der Waals surface area (Å²) in [5.41, 5.74) is 0. The second-order valence-electron chi connectivity index (χ2n) is 4.08. The zero-order valence-electron chi connectivity index (χ0n) is 8.49. The van der Waals surface area contributed by atoms with Crippen molar-refractivity contribution >= 4 is 22.6 Å². The van der Waals surface area contributed by atoms with Gasteiger partial charge in [0.05, 0.1) is 6.04 Å². The highest BCUT2D eigenvalue weighted by molar-refractivity contribution is 14.1. The molecule has 1 heterocycles. The van der Waals surface area contributed by atoms with Gasteiger partial charge in [-0.3, -0.25) is 0 Å². The van der Waals surface area contributed by atoms with Crippen LogP contribution in [-0.2, 0) is 0 Å². The van der Waals surface area contributed by atoms with Crippen molar-refractivity contribution < 1.29 is 0 Å². The SMILES string of the molecule is CCC1CCC(n2cnc(I)n2)CC1. The maximum absolute atomic E-state index is 4.38. The highest BCUT2D eigenvalue weighted by atomic mass is 127. The average molecular weight is 305 g/mol. The largest absolute Gasteiger partial charge is 0.249 e. The van der Waals surface area contributed by atoms with Crippen LogP contribution in [0.1, 0.15) is 45.1 Å². The molecule has 1 fully saturated rings. The highest BCUT2D eigenvalue weighted by Crippen LogP contribution is 2.32. The predicted octanol–water partition coefficient (Wildman–Crippen LogP) is 3.02. The minimum Gasteiger partial charge on any atom is -0.249 e. The molecule has 0 amide bonds. The van der Waals surface area contributed by atoms with Crippen LogP contribution in [0.3, 0.4) is 0 Å². The van der Waals surface area contributed by atoms with E-state index in [-0.39, 0.29) is 0 Å². The van der Waals surface area contributed by atoms with Crippen molar-refractivity contribution in [1.29, 1.82) is 0 Å². The molecule has 0 spiro atoms. The summed E-state index contributed by atoms with van der Waals surface area (Å²) in [6.07, 6.45) is 8.48. The van der Waals surface area contributed by atoms with E-state index in [1.54, 1.807) is 0 Å². The summed E-state index contributed by atoms with van der Waals surface area (Å²) in [5.74, 6) is 0.953. The van der Waals surface area contributed by atoms with E-state index < -0.39 is 0 Å². The van der Waals surface area contributed by atoms with Crippen LogP contribution in [0.15, 0.2) is 6.33 Å². The van der Waals surface area contributed by atoms with Crippen molar-refractivity contribution in [2.24, 2.45) is 5.92 Å². The van der Waals surface area contributed by atoms with Crippen molar-refractivity contribution in [2.45, 2.75) is 45.1 Å². The first-order chi connectivity index (χ1) is 6.79. The van der Waals surface area contributed by atoms with Crippen molar-refractivity contribution in [1.82, 2.24) is 14.8 Å². The van der Waals surface area contributed by atoms with Crippen molar-refractivity contribution in [3.05, 3.63) is 10.2 Å². The van der Waals surface area contributed by atoms with Gasteiger partial charge in [0.1, 0.15) is 6.33 Å². The summed E-state index contributed by atoms with van der Waals surface area (Å²) < 4.78 is 2.91. The van der Waals surface area contributed by atoms with Gasteiger partial charge in [-0.05, 0) is 31.6 Å².